The smallest absolute Gasteiger partial charge is 0.289 e. The largest absolute Gasteiger partial charge is 0.388 e. The van der Waals surface area contributed by atoms with Gasteiger partial charge in [0.05, 0.1) is 24.7 Å². The van der Waals surface area contributed by atoms with Gasteiger partial charge in [0.25, 0.3) is 5.91 Å². The van der Waals surface area contributed by atoms with Crippen molar-refractivity contribution < 1.29 is 28.2 Å². The average Bonchev–Trinajstić information content (AvgIpc) is 3.59. The third kappa shape index (κ3) is 7.67. The number of anilines is 1. The van der Waals surface area contributed by atoms with Crippen LogP contribution < -0.4 is 20.7 Å². The highest BCUT2D eigenvalue weighted by Crippen LogP contribution is 2.34. The van der Waals surface area contributed by atoms with Crippen LogP contribution in [0.1, 0.15) is 53.5 Å². The normalized spacial score (nSPS) is 19.8. The summed E-state index contributed by atoms with van der Waals surface area (Å²) in [6.45, 7) is 2.06. The van der Waals surface area contributed by atoms with E-state index >= 15 is 0 Å². The Morgan fingerprint density at radius 2 is 1.63 bits per heavy atom. The summed E-state index contributed by atoms with van der Waals surface area (Å²) in [5.74, 6) is -0.893. The Hall–Kier alpha value is -4.44. The van der Waals surface area contributed by atoms with Crippen LogP contribution in [0.5, 0.6) is 0 Å². The molecule has 6 N–H and O–H groups in total. The zero-order valence-corrected chi connectivity index (χ0v) is 26.3. The number of carbonyl (C=O) groups excluding carboxylic acids is 2. The van der Waals surface area contributed by atoms with Gasteiger partial charge in [0, 0.05) is 32.0 Å². The van der Waals surface area contributed by atoms with E-state index in [0.717, 1.165) is 17.4 Å². The fraction of sp³-hybridized carbons (Fsp3) is 0.387. The van der Waals surface area contributed by atoms with E-state index in [1.165, 1.54) is 6.33 Å². The summed E-state index contributed by atoms with van der Waals surface area (Å²) < 4.78 is 26.7. The molecule has 0 saturated heterocycles. The summed E-state index contributed by atoms with van der Waals surface area (Å²) in [6.07, 6.45) is 0.459. The number of rotatable bonds is 13. The molecule has 0 aliphatic heterocycles. The van der Waals surface area contributed by atoms with Crippen LogP contribution in [0.4, 0.5) is 5.82 Å². The van der Waals surface area contributed by atoms with Crippen molar-refractivity contribution in [3.05, 3.63) is 83.9 Å². The van der Waals surface area contributed by atoms with Crippen molar-refractivity contribution >= 4 is 38.8 Å². The molecular weight excluding hydrogens is 612 g/mol. The molecule has 2 heterocycles. The zero-order valence-electron chi connectivity index (χ0n) is 25.5. The highest BCUT2D eigenvalue weighted by molar-refractivity contribution is 7.88. The number of fused-ring (bicyclic) bond motifs is 1. The van der Waals surface area contributed by atoms with Crippen molar-refractivity contribution in [3.8, 4) is 0 Å². The SMILES string of the molecule is CCC(=O)N[C@H]1C[C@@H](n2cnc3c(NCC(c4ccccc4)c4ccccc4)nc(C(=O)NCCNS(C)(=O)=O)nc32)[C@H](O)[C@@H]1O. The number of nitrogens with zero attached hydrogens (tertiary/aromatic N) is 4. The van der Waals surface area contributed by atoms with Gasteiger partial charge in [-0.2, -0.15) is 0 Å². The predicted molar refractivity (Wildman–Crippen MR) is 172 cm³/mol. The van der Waals surface area contributed by atoms with Gasteiger partial charge in [-0.05, 0) is 17.5 Å². The van der Waals surface area contributed by atoms with Crippen LogP contribution in [0.2, 0.25) is 0 Å². The van der Waals surface area contributed by atoms with Crippen LogP contribution >= 0.6 is 0 Å². The fourth-order valence-corrected chi connectivity index (χ4v) is 6.08. The lowest BCUT2D eigenvalue weighted by Gasteiger charge is -2.20. The van der Waals surface area contributed by atoms with Crippen LogP contribution in [0.3, 0.4) is 0 Å². The Balaban J connectivity index is 1.49. The van der Waals surface area contributed by atoms with Gasteiger partial charge in [-0.15, -0.1) is 0 Å². The molecule has 2 aromatic heterocycles. The molecule has 46 heavy (non-hydrogen) atoms. The standard InChI is InChI=1S/C31H38N8O6S/c1-3-24(40)36-22-16-23(27(42)26(22)41)39-18-34-25-28(37-29(38-30(25)39)31(43)32-14-15-35-46(2,44)45)33-17-21(19-10-6-4-7-11-19)20-12-8-5-9-13-20/h4-13,18,21-23,26-27,35,41-42H,3,14-17H2,1-2H3,(H,32,43)(H,36,40)(H,33,37,38)/t22-,23+,26+,27-/m0/s1. The lowest BCUT2D eigenvalue weighted by Crippen LogP contribution is -2.42. The average molecular weight is 651 g/mol. The fourth-order valence-electron chi connectivity index (χ4n) is 5.61. The number of nitrogens with one attached hydrogen (secondary N) is 4. The van der Waals surface area contributed by atoms with E-state index in [2.05, 4.69) is 35.6 Å². The van der Waals surface area contributed by atoms with E-state index in [1.807, 2.05) is 60.7 Å². The molecule has 2 amide bonds. The van der Waals surface area contributed by atoms with Gasteiger partial charge in [-0.3, -0.25) is 9.59 Å². The summed E-state index contributed by atoms with van der Waals surface area (Å²) in [5.41, 5.74) is 2.72. The Labute approximate surface area is 266 Å². The molecule has 14 nitrogen and oxygen atoms in total. The molecule has 4 aromatic rings. The molecule has 1 saturated carbocycles. The number of sulfonamides is 1. The maximum absolute atomic E-state index is 13.2. The maximum atomic E-state index is 13.2. The second-order valence-electron chi connectivity index (χ2n) is 11.2. The Morgan fingerprint density at radius 3 is 2.24 bits per heavy atom. The lowest BCUT2D eigenvalue weighted by molar-refractivity contribution is -0.122. The van der Waals surface area contributed by atoms with Crippen LogP contribution in [0.15, 0.2) is 67.0 Å². The van der Waals surface area contributed by atoms with Gasteiger partial charge in [0.2, 0.25) is 21.8 Å². The topological polar surface area (TPSA) is 200 Å². The van der Waals surface area contributed by atoms with Gasteiger partial charge in [-0.25, -0.2) is 28.1 Å². The maximum Gasteiger partial charge on any atom is 0.289 e. The number of aliphatic hydroxyl groups excluding tert-OH is 2. The van der Waals surface area contributed by atoms with Gasteiger partial charge >= 0.3 is 0 Å². The monoisotopic (exact) mass is 650 g/mol. The van der Waals surface area contributed by atoms with Crippen LogP contribution in [-0.2, 0) is 14.8 Å². The molecule has 1 aliphatic carbocycles. The molecule has 1 fully saturated rings. The van der Waals surface area contributed by atoms with Gasteiger partial charge in [0.1, 0.15) is 17.7 Å². The first kappa shape index (κ1) is 32.9. The number of aliphatic hydroxyl groups is 2. The van der Waals surface area contributed by atoms with Gasteiger partial charge in [0.15, 0.2) is 11.5 Å². The van der Waals surface area contributed by atoms with Crippen LogP contribution in [0, 0.1) is 0 Å². The molecule has 4 atom stereocenters. The molecule has 0 spiro atoms. The van der Waals surface area contributed by atoms with E-state index in [9.17, 15) is 28.2 Å². The van der Waals surface area contributed by atoms with Crippen molar-refractivity contribution in [2.75, 3.05) is 31.2 Å². The third-order valence-corrected chi connectivity index (χ3v) is 8.68. The van der Waals surface area contributed by atoms with Crippen molar-refractivity contribution in [3.63, 3.8) is 0 Å². The minimum atomic E-state index is -3.44. The molecule has 1 aliphatic rings. The first-order valence-electron chi connectivity index (χ1n) is 15.0. The highest BCUT2D eigenvalue weighted by Gasteiger charge is 2.43. The number of carbonyl (C=O) groups is 2. The van der Waals surface area contributed by atoms with Gasteiger partial charge < -0.3 is 30.7 Å². The molecule has 5 rings (SSSR count). The second-order valence-corrected chi connectivity index (χ2v) is 13.0. The number of hydrogen-bond acceptors (Lipinski definition) is 10. The van der Waals surface area contributed by atoms with E-state index in [-0.39, 0.29) is 55.0 Å². The zero-order chi connectivity index (χ0) is 32.8. The first-order chi connectivity index (χ1) is 22.1. The summed E-state index contributed by atoms with van der Waals surface area (Å²) in [6, 6.07) is 18.5. The highest BCUT2D eigenvalue weighted by atomic mass is 32.2. The van der Waals surface area contributed by atoms with Crippen molar-refractivity contribution in [1.29, 1.82) is 0 Å². The molecule has 244 valence electrons. The van der Waals surface area contributed by atoms with Crippen LogP contribution in [-0.4, -0.2) is 94.1 Å². The first-order valence-corrected chi connectivity index (χ1v) is 16.9. The molecule has 0 radical (unpaired) electrons. The van der Waals surface area contributed by atoms with E-state index in [0.29, 0.717) is 12.1 Å². The quantitative estimate of drug-likeness (QED) is 0.113. The number of imidazole rings is 1. The molecule has 15 heteroatoms. The Bertz CT molecular complexity index is 1730. The summed E-state index contributed by atoms with van der Waals surface area (Å²) >= 11 is 0. The van der Waals surface area contributed by atoms with Gasteiger partial charge in [-0.1, -0.05) is 67.6 Å². The number of aromatic nitrogens is 4. The molecule has 0 unspecified atom stereocenters. The summed E-state index contributed by atoms with van der Waals surface area (Å²) in [5, 5.41) is 30.5. The van der Waals surface area contributed by atoms with Crippen molar-refractivity contribution in [2.45, 2.75) is 50.0 Å². The van der Waals surface area contributed by atoms with Crippen molar-refractivity contribution in [2.24, 2.45) is 0 Å². The van der Waals surface area contributed by atoms with Crippen molar-refractivity contribution in [1.82, 2.24) is 34.9 Å². The second kappa shape index (κ2) is 14.3. The number of hydrogen-bond donors (Lipinski definition) is 6. The van der Waals surface area contributed by atoms with Crippen LogP contribution in [0.25, 0.3) is 11.2 Å². The number of amides is 2. The molecular formula is C31H38N8O6S. The summed E-state index contributed by atoms with van der Waals surface area (Å²) in [7, 11) is -3.44. The van der Waals surface area contributed by atoms with E-state index in [4.69, 9.17) is 0 Å². The third-order valence-electron chi connectivity index (χ3n) is 7.95. The van der Waals surface area contributed by atoms with E-state index < -0.39 is 40.2 Å². The minimum Gasteiger partial charge on any atom is -0.388 e. The number of benzene rings is 2. The molecule has 2 aromatic carbocycles. The Kier molecular flexibility index (Phi) is 10.3. The lowest BCUT2D eigenvalue weighted by atomic mass is 9.91. The summed E-state index contributed by atoms with van der Waals surface area (Å²) in [4.78, 5) is 38.8. The van der Waals surface area contributed by atoms with E-state index in [1.54, 1.807) is 11.5 Å². The predicted octanol–water partition coefficient (Wildman–Crippen LogP) is 0.911. The minimum absolute atomic E-state index is 0.00818. The Morgan fingerprint density at radius 1 is 0.978 bits per heavy atom. The molecule has 0 bridgehead atoms.